The third-order valence-corrected chi connectivity index (χ3v) is 3.77. The number of ether oxygens (including phenoxy) is 1. The van der Waals surface area contributed by atoms with E-state index in [9.17, 15) is 4.79 Å². The van der Waals surface area contributed by atoms with E-state index in [1.165, 1.54) is 0 Å². The van der Waals surface area contributed by atoms with Crippen molar-refractivity contribution in [1.82, 2.24) is 4.90 Å². The Morgan fingerprint density at radius 2 is 2.42 bits per heavy atom. The second kappa shape index (κ2) is 6.93. The van der Waals surface area contributed by atoms with Gasteiger partial charge in [0.25, 0.3) is 0 Å². The van der Waals surface area contributed by atoms with Crippen LogP contribution in [0.15, 0.2) is 29.2 Å². The Morgan fingerprint density at radius 3 is 3.16 bits per heavy atom. The molecule has 0 aromatic heterocycles. The first kappa shape index (κ1) is 14.4. The van der Waals surface area contributed by atoms with Gasteiger partial charge in [0.15, 0.2) is 0 Å². The molecule has 5 heteroatoms. The Bertz CT molecular complexity index is 439. The Morgan fingerprint density at radius 1 is 1.58 bits per heavy atom. The summed E-state index contributed by atoms with van der Waals surface area (Å²) in [6.45, 7) is 4.81. The standard InChI is InChI=1S/C14H20N2O2S/c1-11-9-16(6-7-18-11)10-14(17)15-12-4-3-5-13(8-12)19-2/h3-5,8,11H,6-7,9-10H2,1-2H3,(H,15,17)/t11-/m1/s1. The zero-order valence-corrected chi connectivity index (χ0v) is 12.2. The molecule has 0 spiro atoms. The number of benzene rings is 1. The Labute approximate surface area is 118 Å². The second-order valence-electron chi connectivity index (χ2n) is 4.70. The van der Waals surface area contributed by atoms with Gasteiger partial charge in [-0.05, 0) is 31.4 Å². The van der Waals surface area contributed by atoms with Gasteiger partial charge in [0.05, 0.1) is 19.3 Å². The largest absolute Gasteiger partial charge is 0.376 e. The van der Waals surface area contributed by atoms with Gasteiger partial charge in [0, 0.05) is 23.7 Å². The second-order valence-corrected chi connectivity index (χ2v) is 5.58. The summed E-state index contributed by atoms with van der Waals surface area (Å²) in [5.74, 6) is 0.0346. The number of morpholine rings is 1. The molecule has 1 atom stereocenters. The van der Waals surface area contributed by atoms with Crippen molar-refractivity contribution < 1.29 is 9.53 Å². The number of rotatable bonds is 4. The third kappa shape index (κ3) is 4.53. The minimum atomic E-state index is 0.0346. The highest BCUT2D eigenvalue weighted by atomic mass is 32.2. The van der Waals surface area contributed by atoms with Gasteiger partial charge in [-0.25, -0.2) is 0 Å². The number of nitrogens with one attached hydrogen (secondary N) is 1. The molecule has 1 aliphatic heterocycles. The van der Waals surface area contributed by atoms with Crippen molar-refractivity contribution in [2.24, 2.45) is 0 Å². The molecule has 4 nitrogen and oxygen atoms in total. The number of hydrogen-bond acceptors (Lipinski definition) is 4. The van der Waals surface area contributed by atoms with Gasteiger partial charge in [0.2, 0.25) is 5.91 Å². The average Bonchev–Trinajstić information content (AvgIpc) is 2.38. The lowest BCUT2D eigenvalue weighted by molar-refractivity contribution is -0.119. The Kier molecular flexibility index (Phi) is 5.24. The number of thioether (sulfide) groups is 1. The van der Waals surface area contributed by atoms with Crippen LogP contribution in [0.5, 0.6) is 0 Å². The first-order chi connectivity index (χ1) is 9.17. The molecule has 0 bridgehead atoms. The van der Waals surface area contributed by atoms with Crippen LogP contribution in [0, 0.1) is 0 Å². The summed E-state index contributed by atoms with van der Waals surface area (Å²) in [4.78, 5) is 15.3. The van der Waals surface area contributed by atoms with Gasteiger partial charge in [-0.2, -0.15) is 0 Å². The number of anilines is 1. The predicted octanol–water partition coefficient (Wildman–Crippen LogP) is 2.07. The van der Waals surface area contributed by atoms with E-state index in [-0.39, 0.29) is 12.0 Å². The van der Waals surface area contributed by atoms with Crippen LogP contribution in [0.4, 0.5) is 5.69 Å². The summed E-state index contributed by atoms with van der Waals surface area (Å²) >= 11 is 1.67. The van der Waals surface area contributed by atoms with E-state index < -0.39 is 0 Å². The maximum Gasteiger partial charge on any atom is 0.238 e. The minimum absolute atomic E-state index is 0.0346. The first-order valence-electron chi connectivity index (χ1n) is 6.45. The SMILES string of the molecule is CSc1cccc(NC(=O)CN2CCO[C@H](C)C2)c1. The molecule has 104 valence electrons. The van der Waals surface area contributed by atoms with Crippen LogP contribution in [-0.4, -0.2) is 49.4 Å². The minimum Gasteiger partial charge on any atom is -0.376 e. The summed E-state index contributed by atoms with van der Waals surface area (Å²) in [6, 6.07) is 7.90. The predicted molar refractivity (Wildman–Crippen MR) is 78.7 cm³/mol. The molecular weight excluding hydrogens is 260 g/mol. The van der Waals surface area contributed by atoms with Crippen LogP contribution in [0.2, 0.25) is 0 Å². The van der Waals surface area contributed by atoms with E-state index in [1.54, 1.807) is 11.8 Å². The lowest BCUT2D eigenvalue weighted by atomic mass is 10.3. The highest BCUT2D eigenvalue weighted by Gasteiger charge is 2.18. The van der Waals surface area contributed by atoms with E-state index in [1.807, 2.05) is 37.4 Å². The highest BCUT2D eigenvalue weighted by molar-refractivity contribution is 7.98. The van der Waals surface area contributed by atoms with Crippen molar-refractivity contribution in [2.75, 3.05) is 37.8 Å². The summed E-state index contributed by atoms with van der Waals surface area (Å²) in [6.07, 6.45) is 2.23. The molecule has 1 fully saturated rings. The lowest BCUT2D eigenvalue weighted by Crippen LogP contribution is -2.44. The summed E-state index contributed by atoms with van der Waals surface area (Å²) < 4.78 is 5.46. The molecule has 1 N–H and O–H groups in total. The van der Waals surface area contributed by atoms with Gasteiger partial charge in [-0.15, -0.1) is 11.8 Å². The molecular formula is C14H20N2O2S. The van der Waals surface area contributed by atoms with Crippen molar-refractivity contribution in [1.29, 1.82) is 0 Å². The molecule has 0 radical (unpaired) electrons. The van der Waals surface area contributed by atoms with Crippen LogP contribution in [-0.2, 0) is 9.53 Å². The van der Waals surface area contributed by atoms with Crippen molar-refractivity contribution in [3.63, 3.8) is 0 Å². The van der Waals surface area contributed by atoms with Crippen molar-refractivity contribution in [3.05, 3.63) is 24.3 Å². The molecule has 1 aromatic rings. The summed E-state index contributed by atoms with van der Waals surface area (Å²) in [5.41, 5.74) is 0.859. The maximum absolute atomic E-state index is 12.0. The van der Waals surface area contributed by atoms with Gasteiger partial charge >= 0.3 is 0 Å². The maximum atomic E-state index is 12.0. The third-order valence-electron chi connectivity index (χ3n) is 3.05. The van der Waals surface area contributed by atoms with Crippen LogP contribution in [0.25, 0.3) is 0 Å². The molecule has 0 saturated carbocycles. The van der Waals surface area contributed by atoms with Gasteiger partial charge in [0.1, 0.15) is 0 Å². The van der Waals surface area contributed by atoms with Gasteiger partial charge in [-0.3, -0.25) is 9.69 Å². The molecule has 2 rings (SSSR count). The highest BCUT2D eigenvalue weighted by Crippen LogP contribution is 2.18. The molecule has 1 heterocycles. The van der Waals surface area contributed by atoms with Gasteiger partial charge in [-0.1, -0.05) is 6.07 Å². The van der Waals surface area contributed by atoms with E-state index >= 15 is 0 Å². The molecule has 0 unspecified atom stereocenters. The van der Waals surface area contributed by atoms with E-state index in [0.717, 1.165) is 23.7 Å². The first-order valence-corrected chi connectivity index (χ1v) is 7.67. The van der Waals surface area contributed by atoms with E-state index in [2.05, 4.69) is 10.2 Å². The van der Waals surface area contributed by atoms with Crippen LogP contribution in [0.3, 0.4) is 0 Å². The van der Waals surface area contributed by atoms with E-state index in [0.29, 0.717) is 13.2 Å². The summed E-state index contributed by atoms with van der Waals surface area (Å²) in [7, 11) is 0. The zero-order valence-electron chi connectivity index (χ0n) is 11.4. The normalized spacial score (nSPS) is 20.2. The zero-order chi connectivity index (χ0) is 13.7. The Balaban J connectivity index is 1.86. The smallest absolute Gasteiger partial charge is 0.238 e. The Hall–Kier alpha value is -1.04. The summed E-state index contributed by atoms with van der Waals surface area (Å²) in [5, 5.41) is 2.94. The fraction of sp³-hybridized carbons (Fsp3) is 0.500. The van der Waals surface area contributed by atoms with Crippen LogP contribution >= 0.6 is 11.8 Å². The quantitative estimate of drug-likeness (QED) is 0.857. The fourth-order valence-corrected chi connectivity index (χ4v) is 2.60. The van der Waals surface area contributed by atoms with Crippen LogP contribution in [0.1, 0.15) is 6.92 Å². The molecule has 1 amide bonds. The van der Waals surface area contributed by atoms with Crippen molar-refractivity contribution in [3.8, 4) is 0 Å². The molecule has 19 heavy (non-hydrogen) atoms. The van der Waals surface area contributed by atoms with Crippen molar-refractivity contribution in [2.45, 2.75) is 17.9 Å². The van der Waals surface area contributed by atoms with Gasteiger partial charge < -0.3 is 10.1 Å². The molecule has 1 saturated heterocycles. The van der Waals surface area contributed by atoms with E-state index in [4.69, 9.17) is 4.74 Å². The lowest BCUT2D eigenvalue weighted by Gasteiger charge is -2.30. The average molecular weight is 280 g/mol. The number of hydrogen-bond donors (Lipinski definition) is 1. The number of amides is 1. The number of carbonyl (C=O) groups is 1. The fourth-order valence-electron chi connectivity index (χ4n) is 2.14. The monoisotopic (exact) mass is 280 g/mol. The number of carbonyl (C=O) groups excluding carboxylic acids is 1. The number of nitrogens with zero attached hydrogens (tertiary/aromatic N) is 1. The van der Waals surface area contributed by atoms with Crippen LogP contribution < -0.4 is 5.32 Å². The molecule has 1 aromatic carbocycles. The molecule has 1 aliphatic rings. The topological polar surface area (TPSA) is 41.6 Å². The van der Waals surface area contributed by atoms with Crippen molar-refractivity contribution >= 4 is 23.4 Å². The molecule has 0 aliphatic carbocycles.